The van der Waals surface area contributed by atoms with Gasteiger partial charge < -0.3 is 16.0 Å². The van der Waals surface area contributed by atoms with Gasteiger partial charge in [-0.2, -0.15) is 0 Å². The predicted octanol–water partition coefficient (Wildman–Crippen LogP) is 5.02. The first-order chi connectivity index (χ1) is 12.8. The fraction of sp³-hybridized carbons (Fsp3) is 0.300. The molecule has 3 amide bonds. The van der Waals surface area contributed by atoms with E-state index in [0.717, 1.165) is 5.56 Å². The van der Waals surface area contributed by atoms with Gasteiger partial charge in [0.2, 0.25) is 5.91 Å². The number of amides is 3. The predicted molar refractivity (Wildman–Crippen MR) is 110 cm³/mol. The van der Waals surface area contributed by atoms with Crippen molar-refractivity contribution >= 4 is 40.8 Å². The van der Waals surface area contributed by atoms with E-state index in [1.54, 1.807) is 18.2 Å². The summed E-state index contributed by atoms with van der Waals surface area (Å²) in [6.07, 6.45) is 0. The average molecular weight is 408 g/mol. The summed E-state index contributed by atoms with van der Waals surface area (Å²) in [5.74, 6) is -0.359. The summed E-state index contributed by atoms with van der Waals surface area (Å²) >= 11 is 12.0. The maximum atomic E-state index is 12.7. The molecule has 2 rings (SSSR count). The zero-order chi connectivity index (χ0) is 20.0. The minimum atomic E-state index is -0.700. The van der Waals surface area contributed by atoms with Gasteiger partial charge in [0.25, 0.3) is 0 Å². The third kappa shape index (κ3) is 5.88. The van der Waals surface area contributed by atoms with Gasteiger partial charge in [0, 0.05) is 0 Å². The summed E-state index contributed by atoms with van der Waals surface area (Å²) in [5, 5.41) is 8.86. The second kappa shape index (κ2) is 9.62. The lowest BCUT2D eigenvalue weighted by Crippen LogP contribution is -2.51. The fourth-order valence-electron chi connectivity index (χ4n) is 2.56. The lowest BCUT2D eigenvalue weighted by molar-refractivity contribution is -0.124. The SMILES string of the molecule is CC(NC(=O)C(NC(=O)Nc1cccc(Cl)c1Cl)C(C)C)c1ccccc1. The van der Waals surface area contributed by atoms with Crippen LogP contribution in [0.2, 0.25) is 10.0 Å². The molecule has 2 aromatic carbocycles. The molecule has 0 saturated heterocycles. The number of benzene rings is 2. The maximum absolute atomic E-state index is 12.7. The molecule has 0 bridgehead atoms. The van der Waals surface area contributed by atoms with Crippen molar-refractivity contribution in [2.45, 2.75) is 32.9 Å². The van der Waals surface area contributed by atoms with Crippen molar-refractivity contribution in [2.24, 2.45) is 5.92 Å². The molecule has 2 unspecified atom stereocenters. The Bertz CT molecular complexity index is 797. The van der Waals surface area contributed by atoms with Crippen LogP contribution in [-0.2, 0) is 4.79 Å². The number of carbonyl (C=O) groups is 2. The third-order valence-corrected chi connectivity index (χ3v) is 4.91. The average Bonchev–Trinajstić information content (AvgIpc) is 2.64. The molecule has 144 valence electrons. The van der Waals surface area contributed by atoms with Crippen LogP contribution >= 0.6 is 23.2 Å². The summed E-state index contributed by atoms with van der Waals surface area (Å²) in [5.41, 5.74) is 1.37. The minimum Gasteiger partial charge on any atom is -0.348 e. The second-order valence-corrected chi connectivity index (χ2v) is 7.35. The lowest BCUT2D eigenvalue weighted by Gasteiger charge is -2.24. The van der Waals surface area contributed by atoms with Gasteiger partial charge in [-0.25, -0.2) is 4.79 Å². The van der Waals surface area contributed by atoms with Crippen molar-refractivity contribution < 1.29 is 9.59 Å². The molecule has 2 aromatic rings. The highest BCUT2D eigenvalue weighted by Gasteiger charge is 2.25. The third-order valence-electron chi connectivity index (χ3n) is 4.09. The van der Waals surface area contributed by atoms with Gasteiger partial charge in [-0.1, -0.05) is 73.4 Å². The Morgan fingerprint density at radius 3 is 2.19 bits per heavy atom. The van der Waals surface area contributed by atoms with Crippen molar-refractivity contribution in [3.63, 3.8) is 0 Å². The normalized spacial score (nSPS) is 13.0. The summed E-state index contributed by atoms with van der Waals surface area (Å²) < 4.78 is 0. The summed E-state index contributed by atoms with van der Waals surface area (Å²) in [6.45, 7) is 5.63. The van der Waals surface area contributed by atoms with Crippen LogP contribution in [0.25, 0.3) is 0 Å². The van der Waals surface area contributed by atoms with E-state index in [-0.39, 0.29) is 22.9 Å². The zero-order valence-electron chi connectivity index (χ0n) is 15.4. The number of nitrogens with one attached hydrogen (secondary N) is 3. The van der Waals surface area contributed by atoms with Crippen molar-refractivity contribution in [3.05, 3.63) is 64.1 Å². The van der Waals surface area contributed by atoms with Gasteiger partial charge in [-0.15, -0.1) is 0 Å². The number of anilines is 1. The maximum Gasteiger partial charge on any atom is 0.319 e. The molecule has 2 atom stereocenters. The lowest BCUT2D eigenvalue weighted by atomic mass is 10.0. The summed E-state index contributed by atoms with van der Waals surface area (Å²) in [6, 6.07) is 13.2. The van der Waals surface area contributed by atoms with Crippen molar-refractivity contribution in [1.82, 2.24) is 10.6 Å². The highest BCUT2D eigenvalue weighted by Crippen LogP contribution is 2.29. The summed E-state index contributed by atoms with van der Waals surface area (Å²) in [4.78, 5) is 25.0. The number of carbonyl (C=O) groups excluding carboxylic acids is 2. The Morgan fingerprint density at radius 2 is 1.56 bits per heavy atom. The molecule has 7 heteroatoms. The van der Waals surface area contributed by atoms with Crippen molar-refractivity contribution in [2.75, 3.05) is 5.32 Å². The first-order valence-electron chi connectivity index (χ1n) is 8.66. The number of hydrogen-bond acceptors (Lipinski definition) is 2. The standard InChI is InChI=1S/C20H23Cl2N3O2/c1-12(2)18(19(26)23-13(3)14-8-5-4-6-9-14)25-20(27)24-16-11-7-10-15(21)17(16)22/h4-13,18H,1-3H3,(H,23,26)(H2,24,25,27). The Labute approximate surface area is 169 Å². The van der Waals surface area contributed by atoms with Crippen LogP contribution < -0.4 is 16.0 Å². The number of rotatable bonds is 6. The van der Waals surface area contributed by atoms with Gasteiger partial charge in [0.1, 0.15) is 6.04 Å². The number of halogens is 2. The Morgan fingerprint density at radius 1 is 0.889 bits per heavy atom. The highest BCUT2D eigenvalue weighted by atomic mass is 35.5. The van der Waals surface area contributed by atoms with Crippen LogP contribution in [0, 0.1) is 5.92 Å². The van der Waals surface area contributed by atoms with Crippen LogP contribution in [0.1, 0.15) is 32.4 Å². The van der Waals surface area contributed by atoms with Crippen LogP contribution in [0.4, 0.5) is 10.5 Å². The molecule has 0 radical (unpaired) electrons. The van der Waals surface area contributed by atoms with Gasteiger partial charge in [0.05, 0.1) is 21.8 Å². The highest BCUT2D eigenvalue weighted by molar-refractivity contribution is 6.43. The van der Waals surface area contributed by atoms with E-state index in [4.69, 9.17) is 23.2 Å². The molecule has 0 fully saturated rings. The smallest absolute Gasteiger partial charge is 0.319 e. The molecule has 3 N–H and O–H groups in total. The quantitative estimate of drug-likeness (QED) is 0.628. The topological polar surface area (TPSA) is 70.2 Å². The van der Waals surface area contributed by atoms with Gasteiger partial charge in [-0.05, 0) is 30.5 Å². The molecule has 0 spiro atoms. The van der Waals surface area contributed by atoms with E-state index in [2.05, 4.69) is 16.0 Å². The fourth-order valence-corrected chi connectivity index (χ4v) is 2.91. The number of urea groups is 1. The Balaban J connectivity index is 2.02. The molecule has 0 aliphatic rings. The molecule has 0 aliphatic carbocycles. The van der Waals surface area contributed by atoms with Gasteiger partial charge in [-0.3, -0.25) is 4.79 Å². The molecule has 0 heterocycles. The van der Waals surface area contributed by atoms with E-state index >= 15 is 0 Å². The molecular formula is C20H23Cl2N3O2. The summed E-state index contributed by atoms with van der Waals surface area (Å²) in [7, 11) is 0. The molecule has 0 aromatic heterocycles. The van der Waals surface area contributed by atoms with Crippen molar-refractivity contribution in [1.29, 1.82) is 0 Å². The van der Waals surface area contributed by atoms with Gasteiger partial charge in [0.15, 0.2) is 0 Å². The van der Waals surface area contributed by atoms with Gasteiger partial charge >= 0.3 is 6.03 Å². The molecule has 0 saturated carbocycles. The van der Waals surface area contributed by atoms with Crippen LogP contribution in [-0.4, -0.2) is 18.0 Å². The van der Waals surface area contributed by atoms with Crippen LogP contribution in [0.15, 0.2) is 48.5 Å². The van der Waals surface area contributed by atoms with Crippen LogP contribution in [0.3, 0.4) is 0 Å². The Kier molecular flexibility index (Phi) is 7.51. The first-order valence-corrected chi connectivity index (χ1v) is 9.42. The van der Waals surface area contributed by atoms with E-state index in [1.165, 1.54) is 0 Å². The molecule has 5 nitrogen and oxygen atoms in total. The number of hydrogen-bond donors (Lipinski definition) is 3. The Hall–Kier alpha value is -2.24. The minimum absolute atomic E-state index is 0.103. The van der Waals surface area contributed by atoms with E-state index in [1.807, 2.05) is 51.1 Å². The van der Waals surface area contributed by atoms with Crippen LogP contribution in [0.5, 0.6) is 0 Å². The van der Waals surface area contributed by atoms with Crippen molar-refractivity contribution in [3.8, 4) is 0 Å². The molecule has 0 aliphatic heterocycles. The molecule has 27 heavy (non-hydrogen) atoms. The van der Waals surface area contributed by atoms with E-state index < -0.39 is 12.1 Å². The monoisotopic (exact) mass is 407 g/mol. The largest absolute Gasteiger partial charge is 0.348 e. The first kappa shape index (κ1) is 21.1. The second-order valence-electron chi connectivity index (χ2n) is 6.56. The zero-order valence-corrected chi connectivity index (χ0v) is 16.9. The van der Waals surface area contributed by atoms with E-state index in [9.17, 15) is 9.59 Å². The van der Waals surface area contributed by atoms with E-state index in [0.29, 0.717) is 10.7 Å². The molecular weight excluding hydrogens is 385 g/mol.